The Bertz CT molecular complexity index is 3600. The average Bonchev–Trinajstić information content (AvgIpc) is 3.91. The molecule has 2 heterocycles. The summed E-state index contributed by atoms with van der Waals surface area (Å²) < 4.78 is 9.09. The molecule has 63 heavy (non-hydrogen) atoms. The van der Waals surface area contributed by atoms with E-state index in [4.69, 9.17) is 4.42 Å². The number of aromatic nitrogens is 1. The molecule has 0 aliphatic carbocycles. The van der Waals surface area contributed by atoms with Gasteiger partial charge in [-0.25, -0.2) is 0 Å². The Morgan fingerprint density at radius 2 is 0.873 bits per heavy atom. The molecule has 0 atom stereocenters. The lowest BCUT2D eigenvalue weighted by molar-refractivity contribution is 0.670. The summed E-state index contributed by atoms with van der Waals surface area (Å²) in [5.41, 5.74) is 17.5. The number of fused-ring (bicyclic) bond motifs is 6. The zero-order chi connectivity index (χ0) is 41.7. The second-order valence-electron chi connectivity index (χ2n) is 16.1. The molecule has 0 aliphatic rings. The van der Waals surface area contributed by atoms with Gasteiger partial charge in [0.1, 0.15) is 11.2 Å². The van der Waals surface area contributed by atoms with Crippen molar-refractivity contribution in [3.8, 4) is 50.2 Å². The molecule has 0 fully saturated rings. The van der Waals surface area contributed by atoms with Gasteiger partial charge in [0.05, 0.1) is 22.4 Å². The minimum absolute atomic E-state index is 0.891. The van der Waals surface area contributed by atoms with E-state index >= 15 is 0 Å². The van der Waals surface area contributed by atoms with Crippen LogP contribution in [0.25, 0.3) is 93.9 Å². The maximum atomic E-state index is 6.64. The van der Waals surface area contributed by atoms with Crippen molar-refractivity contribution in [2.24, 2.45) is 0 Å². The standard InChI is InChI=1S/C60H40N2O/c1-4-17-41(18-5-1)43-31-34-46(35-32-43)61(57-39-45(42-19-6-2-7-20-42)33-37-48(57)44-21-8-3-9-22-44)47-36-38-51-49-23-10-13-28-55(49)62(58(51)40-47)56-29-14-11-24-50(56)53-26-16-27-54-52-25-12-15-30-59(52)63-60(53)54/h1-40H. The van der Waals surface area contributed by atoms with Gasteiger partial charge in [0.15, 0.2) is 0 Å². The van der Waals surface area contributed by atoms with Gasteiger partial charge in [-0.3, -0.25) is 0 Å². The maximum Gasteiger partial charge on any atom is 0.143 e. The number of hydrogen-bond donors (Lipinski definition) is 0. The van der Waals surface area contributed by atoms with Crippen LogP contribution in [-0.4, -0.2) is 4.57 Å². The highest BCUT2D eigenvalue weighted by Crippen LogP contribution is 2.46. The molecule has 0 amide bonds. The van der Waals surface area contributed by atoms with Crippen LogP contribution >= 0.6 is 0 Å². The minimum atomic E-state index is 0.891. The topological polar surface area (TPSA) is 21.3 Å². The summed E-state index contributed by atoms with van der Waals surface area (Å²) in [6.45, 7) is 0. The van der Waals surface area contributed by atoms with E-state index in [1.165, 1.54) is 27.5 Å². The fraction of sp³-hybridized carbons (Fsp3) is 0. The molecule has 12 aromatic rings. The normalized spacial score (nSPS) is 11.5. The van der Waals surface area contributed by atoms with Crippen LogP contribution in [0.1, 0.15) is 0 Å². The highest BCUT2D eigenvalue weighted by Gasteiger charge is 2.23. The molecule has 296 valence electrons. The zero-order valence-corrected chi connectivity index (χ0v) is 34.4. The van der Waals surface area contributed by atoms with Crippen molar-refractivity contribution in [3.63, 3.8) is 0 Å². The van der Waals surface area contributed by atoms with Gasteiger partial charge in [0.2, 0.25) is 0 Å². The summed E-state index contributed by atoms with van der Waals surface area (Å²) in [4.78, 5) is 2.44. The van der Waals surface area contributed by atoms with Gasteiger partial charge in [0.25, 0.3) is 0 Å². The van der Waals surface area contributed by atoms with Gasteiger partial charge >= 0.3 is 0 Å². The molecule has 0 radical (unpaired) electrons. The van der Waals surface area contributed by atoms with Crippen molar-refractivity contribution in [1.82, 2.24) is 4.57 Å². The quantitative estimate of drug-likeness (QED) is 0.153. The van der Waals surface area contributed by atoms with Crippen LogP contribution in [-0.2, 0) is 0 Å². The molecule has 0 bridgehead atoms. The molecule has 0 saturated carbocycles. The summed E-state index contributed by atoms with van der Waals surface area (Å²) in [5.74, 6) is 0. The van der Waals surface area contributed by atoms with E-state index in [0.717, 1.165) is 83.5 Å². The Morgan fingerprint density at radius 3 is 1.65 bits per heavy atom. The SMILES string of the molecule is c1ccc(-c2ccc(N(c3ccc4c5ccccc5n(-c5ccccc5-c5cccc6c5oc5ccccc56)c4c3)c3cc(-c4ccccc4)ccc3-c3ccccc3)cc2)cc1. The first kappa shape index (κ1) is 36.5. The number of rotatable bonds is 8. The highest BCUT2D eigenvalue weighted by atomic mass is 16.3. The van der Waals surface area contributed by atoms with E-state index < -0.39 is 0 Å². The Hall–Kier alpha value is -8.40. The predicted molar refractivity (Wildman–Crippen MR) is 264 cm³/mol. The van der Waals surface area contributed by atoms with E-state index in [1.807, 2.05) is 6.07 Å². The summed E-state index contributed by atoms with van der Waals surface area (Å²) >= 11 is 0. The van der Waals surface area contributed by atoms with Gasteiger partial charge in [-0.1, -0.05) is 194 Å². The van der Waals surface area contributed by atoms with Crippen LogP contribution in [0.15, 0.2) is 247 Å². The summed E-state index contributed by atoms with van der Waals surface area (Å²) in [6.07, 6.45) is 0. The number of furan rings is 1. The van der Waals surface area contributed by atoms with Crippen LogP contribution in [0.4, 0.5) is 17.1 Å². The van der Waals surface area contributed by atoms with Gasteiger partial charge in [-0.2, -0.15) is 0 Å². The first-order valence-corrected chi connectivity index (χ1v) is 21.5. The third-order valence-electron chi connectivity index (χ3n) is 12.4. The second-order valence-corrected chi connectivity index (χ2v) is 16.1. The Balaban J connectivity index is 1.12. The number of benzene rings is 10. The molecule has 3 nitrogen and oxygen atoms in total. The molecule has 0 N–H and O–H groups in total. The molecule has 0 saturated heterocycles. The van der Waals surface area contributed by atoms with Crippen molar-refractivity contribution >= 4 is 60.8 Å². The first-order valence-electron chi connectivity index (χ1n) is 21.5. The first-order chi connectivity index (χ1) is 31.3. The number of anilines is 3. The van der Waals surface area contributed by atoms with Gasteiger partial charge in [-0.15, -0.1) is 0 Å². The van der Waals surface area contributed by atoms with E-state index in [1.54, 1.807) is 0 Å². The van der Waals surface area contributed by atoms with Crippen molar-refractivity contribution < 1.29 is 4.42 Å². The molecular formula is C60H40N2O. The summed E-state index contributed by atoms with van der Waals surface area (Å²) in [7, 11) is 0. The fourth-order valence-corrected chi connectivity index (χ4v) is 9.46. The minimum Gasteiger partial charge on any atom is -0.455 e. The van der Waals surface area contributed by atoms with E-state index in [9.17, 15) is 0 Å². The molecular weight excluding hydrogens is 765 g/mol. The zero-order valence-electron chi connectivity index (χ0n) is 34.4. The average molecular weight is 805 g/mol. The fourth-order valence-electron chi connectivity index (χ4n) is 9.46. The van der Waals surface area contributed by atoms with E-state index in [0.29, 0.717) is 0 Å². The molecule has 3 heteroatoms. The van der Waals surface area contributed by atoms with E-state index in [2.05, 4.69) is 246 Å². The monoisotopic (exact) mass is 804 g/mol. The summed E-state index contributed by atoms with van der Waals surface area (Å²) in [6, 6.07) is 87.2. The molecule has 0 spiro atoms. The van der Waals surface area contributed by atoms with Crippen LogP contribution in [0, 0.1) is 0 Å². The van der Waals surface area contributed by atoms with Crippen LogP contribution in [0.5, 0.6) is 0 Å². The molecule has 12 rings (SSSR count). The van der Waals surface area contributed by atoms with E-state index in [-0.39, 0.29) is 0 Å². The van der Waals surface area contributed by atoms with Crippen molar-refractivity contribution in [2.75, 3.05) is 4.90 Å². The molecule has 10 aromatic carbocycles. The van der Waals surface area contributed by atoms with Gasteiger partial charge < -0.3 is 13.9 Å². The summed E-state index contributed by atoms with van der Waals surface area (Å²) in [5, 5.41) is 4.62. The third kappa shape index (κ3) is 6.29. The van der Waals surface area contributed by atoms with Gasteiger partial charge in [0, 0.05) is 49.6 Å². The predicted octanol–water partition coefficient (Wildman–Crippen LogP) is 16.8. The van der Waals surface area contributed by atoms with Crippen LogP contribution in [0.2, 0.25) is 0 Å². The maximum absolute atomic E-state index is 6.64. The van der Waals surface area contributed by atoms with Crippen molar-refractivity contribution in [3.05, 3.63) is 243 Å². The van der Waals surface area contributed by atoms with Gasteiger partial charge in [-0.05, 0) is 76.3 Å². The van der Waals surface area contributed by atoms with Crippen molar-refractivity contribution in [1.29, 1.82) is 0 Å². The number of nitrogens with zero attached hydrogens (tertiary/aromatic N) is 2. The number of para-hydroxylation sites is 4. The Labute approximate surface area is 366 Å². The lowest BCUT2D eigenvalue weighted by atomic mass is 9.96. The van der Waals surface area contributed by atoms with Crippen LogP contribution < -0.4 is 4.90 Å². The smallest absolute Gasteiger partial charge is 0.143 e. The lowest BCUT2D eigenvalue weighted by Gasteiger charge is -2.29. The molecule has 0 aliphatic heterocycles. The Kier molecular flexibility index (Phi) is 8.83. The lowest BCUT2D eigenvalue weighted by Crippen LogP contribution is -2.12. The molecule has 2 aromatic heterocycles. The van der Waals surface area contributed by atoms with Crippen molar-refractivity contribution in [2.45, 2.75) is 0 Å². The highest BCUT2D eigenvalue weighted by molar-refractivity contribution is 6.13. The Morgan fingerprint density at radius 1 is 0.317 bits per heavy atom. The number of hydrogen-bond acceptors (Lipinski definition) is 2. The second kappa shape index (κ2) is 15.3. The largest absolute Gasteiger partial charge is 0.455 e. The molecule has 0 unspecified atom stereocenters. The third-order valence-corrected chi connectivity index (χ3v) is 12.4. The van der Waals surface area contributed by atoms with Crippen LogP contribution in [0.3, 0.4) is 0 Å².